The van der Waals surface area contributed by atoms with Gasteiger partial charge in [0.15, 0.2) is 0 Å². The predicted molar refractivity (Wildman–Crippen MR) is 94.8 cm³/mol. The van der Waals surface area contributed by atoms with Gasteiger partial charge in [-0.1, -0.05) is 53.7 Å². The van der Waals surface area contributed by atoms with Crippen LogP contribution in [0.25, 0.3) is 0 Å². The van der Waals surface area contributed by atoms with E-state index in [1.54, 1.807) is 0 Å². The molecule has 0 fully saturated rings. The highest BCUT2D eigenvalue weighted by Crippen LogP contribution is 2.38. The molecule has 0 unspecified atom stereocenters. The zero-order chi connectivity index (χ0) is 17.5. The molecule has 0 saturated carbocycles. The average Bonchev–Trinajstić information content (AvgIpc) is 2.54. The van der Waals surface area contributed by atoms with Crippen molar-refractivity contribution in [2.75, 3.05) is 13.2 Å². The van der Waals surface area contributed by atoms with Crippen molar-refractivity contribution in [3.8, 4) is 5.75 Å². The van der Waals surface area contributed by atoms with Gasteiger partial charge in [-0.15, -0.1) is 0 Å². The summed E-state index contributed by atoms with van der Waals surface area (Å²) in [5, 5.41) is 0. The van der Waals surface area contributed by atoms with E-state index in [1.165, 1.54) is 17.6 Å². The molecule has 0 saturated heterocycles. The van der Waals surface area contributed by atoms with E-state index in [2.05, 4.69) is 64.5 Å². The standard InChI is InChI=1S/C20H31O3/c1-7-19(3,4)16-10-11-18(23-13-9-12-22-15-21)17(14-16)20(5,6)8-2/h10-11,14H,7-9,12-13H2,1-6H3. The van der Waals surface area contributed by atoms with Gasteiger partial charge in [0, 0.05) is 12.0 Å². The molecule has 1 aromatic carbocycles. The fourth-order valence-electron chi connectivity index (χ4n) is 2.36. The lowest BCUT2D eigenvalue weighted by Crippen LogP contribution is -2.21. The van der Waals surface area contributed by atoms with Gasteiger partial charge in [-0.05, 0) is 35.3 Å². The van der Waals surface area contributed by atoms with Crippen LogP contribution >= 0.6 is 0 Å². The first kappa shape index (κ1) is 19.5. The number of benzene rings is 1. The van der Waals surface area contributed by atoms with E-state index >= 15 is 0 Å². The second-order valence-corrected chi connectivity index (χ2v) is 7.32. The molecule has 3 nitrogen and oxygen atoms in total. The molecule has 1 rings (SSSR count). The average molecular weight is 319 g/mol. The maximum absolute atomic E-state index is 10.0. The molecule has 0 spiro atoms. The smallest absolute Gasteiger partial charge is 0.417 e. The van der Waals surface area contributed by atoms with E-state index in [1.807, 2.05) is 0 Å². The Morgan fingerprint density at radius 1 is 1.00 bits per heavy atom. The van der Waals surface area contributed by atoms with Crippen LogP contribution in [0.4, 0.5) is 0 Å². The number of hydrogen-bond donors (Lipinski definition) is 0. The Bertz CT molecular complexity index is 504. The molecule has 0 aliphatic carbocycles. The zero-order valence-electron chi connectivity index (χ0n) is 15.5. The highest BCUT2D eigenvalue weighted by molar-refractivity contribution is 5.44. The maximum atomic E-state index is 10.0. The molecule has 0 aromatic heterocycles. The lowest BCUT2D eigenvalue weighted by atomic mass is 9.76. The topological polar surface area (TPSA) is 35.5 Å². The zero-order valence-corrected chi connectivity index (χ0v) is 15.5. The van der Waals surface area contributed by atoms with Crippen LogP contribution < -0.4 is 4.74 Å². The minimum atomic E-state index is 0.0578. The molecular weight excluding hydrogens is 288 g/mol. The summed E-state index contributed by atoms with van der Waals surface area (Å²) >= 11 is 0. The van der Waals surface area contributed by atoms with Gasteiger partial charge in [0.05, 0.1) is 13.2 Å². The van der Waals surface area contributed by atoms with Crippen LogP contribution in [0.15, 0.2) is 18.2 Å². The summed E-state index contributed by atoms with van der Waals surface area (Å²) in [7, 11) is 0. The fourth-order valence-corrected chi connectivity index (χ4v) is 2.36. The quantitative estimate of drug-likeness (QED) is 0.575. The van der Waals surface area contributed by atoms with E-state index < -0.39 is 0 Å². The van der Waals surface area contributed by atoms with E-state index in [4.69, 9.17) is 4.74 Å². The van der Waals surface area contributed by atoms with Gasteiger partial charge < -0.3 is 9.47 Å². The van der Waals surface area contributed by atoms with E-state index in [0.29, 0.717) is 19.6 Å². The summed E-state index contributed by atoms with van der Waals surface area (Å²) in [5.74, 6) is 0.933. The molecule has 129 valence electrons. The lowest BCUT2D eigenvalue weighted by Gasteiger charge is -2.30. The third-order valence-electron chi connectivity index (χ3n) is 4.97. The fraction of sp³-hybridized carbons (Fsp3) is 0.650. The van der Waals surface area contributed by atoms with Crippen molar-refractivity contribution in [3.63, 3.8) is 0 Å². The van der Waals surface area contributed by atoms with Gasteiger partial charge >= 0.3 is 6.47 Å². The van der Waals surface area contributed by atoms with Crippen LogP contribution in [0.5, 0.6) is 5.75 Å². The highest BCUT2D eigenvalue weighted by atomic mass is 16.5. The molecule has 0 amide bonds. The monoisotopic (exact) mass is 319 g/mol. The van der Waals surface area contributed by atoms with Crippen LogP contribution in [0, 0.1) is 0 Å². The van der Waals surface area contributed by atoms with E-state index in [0.717, 1.165) is 18.6 Å². The highest BCUT2D eigenvalue weighted by Gasteiger charge is 2.26. The second-order valence-electron chi connectivity index (χ2n) is 7.32. The van der Waals surface area contributed by atoms with Gasteiger partial charge in [-0.2, -0.15) is 0 Å². The number of hydrogen-bond acceptors (Lipinski definition) is 3. The summed E-state index contributed by atoms with van der Waals surface area (Å²) in [4.78, 5) is 10.0. The van der Waals surface area contributed by atoms with Gasteiger partial charge in [0.2, 0.25) is 0 Å². The first-order chi connectivity index (χ1) is 10.8. The summed E-state index contributed by atoms with van der Waals surface area (Å²) in [6.45, 7) is 15.8. The molecule has 1 aromatic rings. The Kier molecular flexibility index (Phi) is 7.11. The minimum absolute atomic E-state index is 0.0578. The van der Waals surface area contributed by atoms with Crippen molar-refractivity contribution in [1.29, 1.82) is 0 Å². The van der Waals surface area contributed by atoms with Crippen molar-refractivity contribution in [3.05, 3.63) is 29.3 Å². The number of carbonyl (C=O) groups excluding carboxylic acids is 1. The van der Waals surface area contributed by atoms with Gasteiger partial charge in [-0.3, -0.25) is 0 Å². The van der Waals surface area contributed by atoms with Crippen LogP contribution in [0.2, 0.25) is 0 Å². The van der Waals surface area contributed by atoms with Crippen molar-refractivity contribution in [2.45, 2.75) is 71.6 Å². The van der Waals surface area contributed by atoms with Crippen LogP contribution in [0.1, 0.15) is 71.9 Å². The summed E-state index contributed by atoms with van der Waals surface area (Å²) in [6, 6.07) is 6.56. The number of rotatable bonds is 10. The first-order valence-corrected chi connectivity index (χ1v) is 8.55. The molecule has 0 heterocycles. The molecule has 0 bridgehead atoms. The Balaban J connectivity index is 3.03. The summed E-state index contributed by atoms with van der Waals surface area (Å²) in [5.41, 5.74) is 2.82. The van der Waals surface area contributed by atoms with Crippen LogP contribution in [-0.4, -0.2) is 19.7 Å². The molecule has 0 N–H and O–H groups in total. The van der Waals surface area contributed by atoms with Crippen molar-refractivity contribution >= 4 is 6.47 Å². The van der Waals surface area contributed by atoms with Gasteiger partial charge in [0.25, 0.3) is 0 Å². The Hall–Kier alpha value is -1.51. The SMILES string of the molecule is CCC(C)(C)c1ccc(OCCCO[C]=O)c(C(C)(C)CC)c1. The first-order valence-electron chi connectivity index (χ1n) is 8.55. The van der Waals surface area contributed by atoms with Crippen molar-refractivity contribution in [1.82, 2.24) is 0 Å². The molecule has 1 radical (unpaired) electrons. The summed E-state index contributed by atoms with van der Waals surface area (Å²) in [6.07, 6.45) is 2.81. The maximum Gasteiger partial charge on any atom is 0.417 e. The normalized spacial score (nSPS) is 12.1. The Labute approximate surface area is 141 Å². The molecule has 0 atom stereocenters. The molecule has 23 heavy (non-hydrogen) atoms. The molecule has 0 aliphatic rings. The molecular formula is C20H31O3. The van der Waals surface area contributed by atoms with Gasteiger partial charge in [0.1, 0.15) is 5.75 Å². The van der Waals surface area contributed by atoms with Crippen LogP contribution in [0.3, 0.4) is 0 Å². The Morgan fingerprint density at radius 3 is 2.22 bits per heavy atom. The molecule has 0 aliphatic heterocycles. The van der Waals surface area contributed by atoms with Gasteiger partial charge in [-0.25, -0.2) is 4.79 Å². The van der Waals surface area contributed by atoms with Crippen molar-refractivity contribution in [2.24, 2.45) is 0 Å². The Morgan fingerprint density at radius 2 is 1.65 bits per heavy atom. The van der Waals surface area contributed by atoms with Crippen molar-refractivity contribution < 1.29 is 14.3 Å². The number of ether oxygens (including phenoxy) is 2. The molecule has 3 heteroatoms. The minimum Gasteiger partial charge on any atom is -0.493 e. The lowest BCUT2D eigenvalue weighted by molar-refractivity contribution is 0.227. The van der Waals surface area contributed by atoms with E-state index in [9.17, 15) is 4.79 Å². The largest absolute Gasteiger partial charge is 0.493 e. The van der Waals surface area contributed by atoms with E-state index in [-0.39, 0.29) is 10.8 Å². The van der Waals surface area contributed by atoms with Crippen LogP contribution in [-0.2, 0) is 20.4 Å². The third-order valence-corrected chi connectivity index (χ3v) is 4.97. The third kappa shape index (κ3) is 5.26. The summed E-state index contributed by atoms with van der Waals surface area (Å²) < 4.78 is 10.5. The second kappa shape index (κ2) is 8.37. The predicted octanol–water partition coefficient (Wildman–Crippen LogP) is 4.91.